The Morgan fingerprint density at radius 3 is 2.09 bits per heavy atom. The van der Waals surface area contributed by atoms with Gasteiger partial charge < -0.3 is 43.9 Å². The third-order valence-corrected chi connectivity index (χ3v) is 12.6. The molecule has 2 N–H and O–H groups in total. The fourth-order valence-corrected chi connectivity index (χ4v) is 9.11. The topological polar surface area (TPSA) is 204 Å². The number of ether oxygens (including phenoxy) is 5. The van der Waals surface area contributed by atoms with E-state index < -0.39 is 83.8 Å². The summed E-state index contributed by atoms with van der Waals surface area (Å²) in [5.74, 6) is -6.25. The highest BCUT2D eigenvalue weighted by molar-refractivity contribution is 6.38. The molecular formula is C54H61N3O13. The number of methoxy groups -OCH3 is 2. The van der Waals surface area contributed by atoms with Crippen LogP contribution in [-0.4, -0.2) is 115 Å². The highest BCUT2D eigenvalue weighted by atomic mass is 16.6. The number of benzene rings is 4. The standard InChI is InChI=1S/C54H61N3O13/c1-9-46(59)69-33-53(5,6)48(61)49(62)57-28-27-56(51(65)68-31-41-39-19-12-10-17-37(39)38-18-11-13-20-40(38)41)32-54(57,50(63)64)42(23-21-34-22-24-43(66-7)44(29-34)67-8)35-15-14-16-36(30-35)55-45(58)25-26-47(60)70-52(2,3)4/h9-20,22,24,29-30,41-42H,1,21,23,25-28,31-33H2,2-8H3,(H,55,58)(H,63,64)/t42-,54-/m1/s1. The average Bonchev–Trinajstić information content (AvgIpc) is 3.66. The quantitative estimate of drug-likeness (QED) is 0.0400. The number of Topliss-reactive ketones (excluding diaryl/α,β-unsaturated/α-hetero) is 1. The molecule has 2 atom stereocenters. The van der Waals surface area contributed by atoms with Crippen LogP contribution in [0.2, 0.25) is 0 Å². The van der Waals surface area contributed by atoms with Gasteiger partial charge in [-0.25, -0.2) is 14.4 Å². The van der Waals surface area contributed by atoms with E-state index in [2.05, 4.69) is 11.9 Å². The summed E-state index contributed by atoms with van der Waals surface area (Å²) < 4.78 is 27.6. The van der Waals surface area contributed by atoms with Crippen LogP contribution in [0, 0.1) is 5.41 Å². The molecule has 1 aliphatic heterocycles. The van der Waals surface area contributed by atoms with Crippen molar-refractivity contribution in [3.63, 3.8) is 0 Å². The van der Waals surface area contributed by atoms with Crippen LogP contribution in [0.25, 0.3) is 11.1 Å². The lowest BCUT2D eigenvalue weighted by atomic mass is 9.72. The number of fused-ring (bicyclic) bond motifs is 3. The van der Waals surface area contributed by atoms with E-state index in [1.807, 2.05) is 48.5 Å². The van der Waals surface area contributed by atoms with Gasteiger partial charge in [0, 0.05) is 43.1 Å². The summed E-state index contributed by atoms with van der Waals surface area (Å²) in [5, 5.41) is 14.6. The van der Waals surface area contributed by atoms with Crippen LogP contribution in [0.3, 0.4) is 0 Å². The largest absolute Gasteiger partial charge is 0.493 e. The fourth-order valence-electron chi connectivity index (χ4n) is 9.11. The molecule has 2 aliphatic rings. The van der Waals surface area contributed by atoms with E-state index in [-0.39, 0.29) is 50.4 Å². The van der Waals surface area contributed by atoms with E-state index in [9.17, 15) is 38.7 Å². The number of hydrogen-bond acceptors (Lipinski definition) is 12. The Kier molecular flexibility index (Phi) is 16.2. The lowest BCUT2D eigenvalue weighted by molar-refractivity contribution is -0.171. The van der Waals surface area contributed by atoms with Crippen LogP contribution in [-0.2, 0) is 49.4 Å². The van der Waals surface area contributed by atoms with Crippen molar-refractivity contribution in [2.24, 2.45) is 5.41 Å². The molecule has 370 valence electrons. The molecule has 0 aromatic heterocycles. The lowest BCUT2D eigenvalue weighted by Crippen LogP contribution is -2.72. The molecule has 1 saturated heterocycles. The van der Waals surface area contributed by atoms with Crippen molar-refractivity contribution in [3.05, 3.63) is 126 Å². The molecule has 16 nitrogen and oxygen atoms in total. The number of nitrogens with one attached hydrogen (secondary N) is 1. The monoisotopic (exact) mass is 959 g/mol. The first-order chi connectivity index (χ1) is 33.2. The van der Waals surface area contributed by atoms with Gasteiger partial charge in [0.05, 0.1) is 32.6 Å². The molecule has 1 fully saturated rings. The number of aryl methyl sites for hydroxylation is 1. The number of hydrogen-bond donors (Lipinski definition) is 2. The molecule has 0 saturated carbocycles. The van der Waals surface area contributed by atoms with Crippen LogP contribution in [0.4, 0.5) is 10.5 Å². The van der Waals surface area contributed by atoms with Gasteiger partial charge in [-0.15, -0.1) is 0 Å². The Morgan fingerprint density at radius 1 is 0.814 bits per heavy atom. The van der Waals surface area contributed by atoms with Crippen molar-refractivity contribution in [2.75, 3.05) is 52.4 Å². The number of esters is 2. The van der Waals surface area contributed by atoms with E-state index in [1.54, 1.807) is 63.2 Å². The number of amides is 3. The maximum Gasteiger partial charge on any atom is 0.409 e. The third-order valence-electron chi connectivity index (χ3n) is 12.6. The van der Waals surface area contributed by atoms with Gasteiger partial charge in [0.1, 0.15) is 18.8 Å². The first-order valence-corrected chi connectivity index (χ1v) is 23.0. The molecule has 70 heavy (non-hydrogen) atoms. The predicted molar refractivity (Wildman–Crippen MR) is 259 cm³/mol. The van der Waals surface area contributed by atoms with Crippen molar-refractivity contribution < 1.29 is 62.4 Å². The zero-order valence-corrected chi connectivity index (χ0v) is 40.7. The molecular weight excluding hydrogens is 899 g/mol. The van der Waals surface area contributed by atoms with E-state index in [0.717, 1.165) is 33.2 Å². The second-order valence-corrected chi connectivity index (χ2v) is 19.0. The number of carboxylic acids is 1. The van der Waals surface area contributed by atoms with E-state index in [1.165, 1.54) is 33.0 Å². The van der Waals surface area contributed by atoms with Gasteiger partial charge in [-0.05, 0) is 105 Å². The number of carbonyl (C=O) groups excluding carboxylic acids is 6. The molecule has 4 aromatic carbocycles. The lowest BCUT2D eigenvalue weighted by Gasteiger charge is -2.51. The molecule has 0 spiro atoms. The molecule has 16 heteroatoms. The minimum Gasteiger partial charge on any atom is -0.493 e. The maximum atomic E-state index is 14.9. The number of carbonyl (C=O) groups is 7. The number of piperazine rings is 1. The minimum atomic E-state index is -2.36. The Morgan fingerprint density at radius 2 is 1.47 bits per heavy atom. The van der Waals surface area contributed by atoms with E-state index >= 15 is 0 Å². The zero-order valence-electron chi connectivity index (χ0n) is 40.7. The van der Waals surface area contributed by atoms with Gasteiger partial charge in [-0.1, -0.05) is 73.3 Å². The van der Waals surface area contributed by atoms with Crippen LogP contribution in [0.1, 0.15) is 88.0 Å². The van der Waals surface area contributed by atoms with Gasteiger partial charge in [0.15, 0.2) is 17.0 Å². The van der Waals surface area contributed by atoms with Crippen molar-refractivity contribution >= 4 is 47.3 Å². The van der Waals surface area contributed by atoms with Gasteiger partial charge in [0.25, 0.3) is 5.91 Å². The van der Waals surface area contributed by atoms with Crippen molar-refractivity contribution in [1.29, 1.82) is 0 Å². The van der Waals surface area contributed by atoms with Crippen molar-refractivity contribution in [3.8, 4) is 22.6 Å². The van der Waals surface area contributed by atoms with Crippen molar-refractivity contribution in [2.45, 2.75) is 83.3 Å². The number of carboxylic acid groups (broad SMARTS) is 1. The van der Waals surface area contributed by atoms with Crippen LogP contribution in [0.15, 0.2) is 104 Å². The van der Waals surface area contributed by atoms with Crippen molar-refractivity contribution in [1.82, 2.24) is 9.80 Å². The summed E-state index contributed by atoms with van der Waals surface area (Å²) in [4.78, 5) is 98.3. The Bertz CT molecular complexity index is 2610. The number of nitrogens with zero attached hydrogens (tertiary/aromatic N) is 2. The zero-order chi connectivity index (χ0) is 51.0. The van der Waals surface area contributed by atoms with Gasteiger partial charge in [0.2, 0.25) is 11.7 Å². The van der Waals surface area contributed by atoms with E-state index in [4.69, 9.17) is 23.7 Å². The molecule has 1 heterocycles. The molecule has 6 rings (SSSR count). The van der Waals surface area contributed by atoms with Crippen LogP contribution >= 0.6 is 0 Å². The summed E-state index contributed by atoms with van der Waals surface area (Å²) in [7, 11) is 2.98. The molecule has 3 amide bonds. The normalized spacial score (nSPS) is 15.9. The third kappa shape index (κ3) is 11.7. The molecule has 0 radical (unpaired) electrons. The Labute approximate surface area is 407 Å². The first kappa shape index (κ1) is 51.9. The number of anilines is 1. The second-order valence-electron chi connectivity index (χ2n) is 19.0. The maximum absolute atomic E-state index is 14.9. The summed E-state index contributed by atoms with van der Waals surface area (Å²) in [6, 6.07) is 27.3. The molecule has 0 bridgehead atoms. The summed E-state index contributed by atoms with van der Waals surface area (Å²) in [6.07, 6.45) is -0.115. The SMILES string of the molecule is C=CC(=O)OCC(C)(C)C(=O)C(=O)N1CCN(C(=O)OCC2c3ccccc3-c3ccccc32)C[C@]1(C(=O)O)[C@H](CCc1ccc(OC)c(OC)c1)c1cccc(NC(=O)CCC(=O)OC(C)(C)C)c1. The number of aliphatic carboxylic acids is 1. The number of rotatable bonds is 19. The fraction of sp³-hybridized carbons (Fsp3) is 0.389. The molecule has 4 aromatic rings. The van der Waals surface area contributed by atoms with E-state index in [0.29, 0.717) is 22.6 Å². The smallest absolute Gasteiger partial charge is 0.409 e. The highest BCUT2D eigenvalue weighted by Crippen LogP contribution is 2.46. The molecule has 1 aliphatic carbocycles. The Balaban J connectivity index is 1.41. The summed E-state index contributed by atoms with van der Waals surface area (Å²) in [5.41, 5.74) is 0.544. The summed E-state index contributed by atoms with van der Waals surface area (Å²) in [6.45, 7) is 9.55. The van der Waals surface area contributed by atoms with Gasteiger partial charge in [-0.3, -0.25) is 19.2 Å². The average molecular weight is 960 g/mol. The predicted octanol–water partition coefficient (Wildman–Crippen LogP) is 7.72. The second kappa shape index (κ2) is 21.9. The Hall–Kier alpha value is -7.49. The minimum absolute atomic E-state index is 0.00860. The number of ketones is 1. The van der Waals surface area contributed by atoms with Crippen LogP contribution in [0.5, 0.6) is 11.5 Å². The highest BCUT2D eigenvalue weighted by Gasteiger charge is 2.58. The van der Waals surface area contributed by atoms with Gasteiger partial charge >= 0.3 is 24.0 Å². The summed E-state index contributed by atoms with van der Waals surface area (Å²) >= 11 is 0. The first-order valence-electron chi connectivity index (χ1n) is 23.0. The van der Waals surface area contributed by atoms with Gasteiger partial charge in [-0.2, -0.15) is 0 Å². The van der Waals surface area contributed by atoms with Crippen LogP contribution < -0.4 is 14.8 Å². The molecule has 0 unspecified atom stereocenters.